The van der Waals surface area contributed by atoms with Crippen molar-refractivity contribution in [3.05, 3.63) is 11.6 Å². The van der Waals surface area contributed by atoms with Crippen molar-refractivity contribution in [3.63, 3.8) is 0 Å². The lowest BCUT2D eigenvalue weighted by atomic mass is 9.33. The highest BCUT2D eigenvalue weighted by Crippen LogP contribution is 2.76. The molecule has 5 aliphatic carbocycles. The summed E-state index contributed by atoms with van der Waals surface area (Å²) in [6.45, 7) is 11.3. The van der Waals surface area contributed by atoms with Gasteiger partial charge in [0.15, 0.2) is 31.3 Å². The monoisotopic (exact) mass is 1210 g/mol. The molecule has 5 aliphatic heterocycles. The molecule has 5 saturated heterocycles. The van der Waals surface area contributed by atoms with Crippen LogP contribution in [0.4, 0.5) is 0 Å². The van der Waals surface area contributed by atoms with Crippen molar-refractivity contribution >= 4 is 11.9 Å². The van der Waals surface area contributed by atoms with Crippen LogP contribution in [0.3, 0.4) is 0 Å². The van der Waals surface area contributed by atoms with Crippen LogP contribution in [-0.2, 0) is 57.0 Å². The molecule has 27 nitrogen and oxygen atoms in total. The number of hydrogen-bond acceptors (Lipinski definition) is 26. The molecule has 0 aromatic carbocycles. The number of carbonyl (C=O) groups excluding carboxylic acids is 1. The van der Waals surface area contributed by atoms with E-state index in [1.54, 1.807) is 6.92 Å². The Labute approximate surface area is 486 Å². The number of allylic oxidation sites excluding steroid dienone is 2. The molecule has 0 radical (unpaired) electrons. The normalized spacial score (nSPS) is 54.8. The third-order valence-electron chi connectivity index (χ3n) is 22.3. The predicted octanol–water partition coefficient (Wildman–Crippen LogP) is -3.23. The first-order valence-electron chi connectivity index (χ1n) is 29.7. The van der Waals surface area contributed by atoms with E-state index in [0.717, 1.165) is 5.57 Å². The maximum absolute atomic E-state index is 15.4. The van der Waals surface area contributed by atoms with E-state index in [2.05, 4.69) is 33.8 Å². The zero-order valence-corrected chi connectivity index (χ0v) is 48.5. The first-order chi connectivity index (χ1) is 39.3. The summed E-state index contributed by atoms with van der Waals surface area (Å²) >= 11 is 0. The van der Waals surface area contributed by atoms with Crippen molar-refractivity contribution in [2.75, 3.05) is 26.4 Å². The van der Waals surface area contributed by atoms with Crippen LogP contribution in [0.25, 0.3) is 0 Å². The van der Waals surface area contributed by atoms with Gasteiger partial charge in [0.2, 0.25) is 6.29 Å². The number of aliphatic hydroxyl groups is 14. The van der Waals surface area contributed by atoms with Gasteiger partial charge in [-0.15, -0.1) is 0 Å². The standard InChI is InChI=1S/C57H90O27/c1-22-35(65)43(82-47-40(70)37(67)28(62)20-76-47)41(71)48(78-22)83-44-38(68)29(63)21-77-49(44)84-51(74)57-13-12-52(2,3)15-24(57)23-8-9-31-53(4)16-26(60)45(56(7,50(72)73)32(53)10-11-54(31,5)55(23,6)17-33(57)64)80-34-14-25(59)42(30(18-58)79-34)81-46-39(69)36(66)27(61)19-75-46/h8,22,24-49,58-71H,9-21H2,1-7H3,(H,72,73). The van der Waals surface area contributed by atoms with Crippen LogP contribution in [-0.4, -0.2) is 262 Å². The highest BCUT2D eigenvalue weighted by molar-refractivity contribution is 5.80. The van der Waals surface area contributed by atoms with E-state index in [9.17, 15) is 81.4 Å². The van der Waals surface area contributed by atoms with Crippen LogP contribution in [0, 0.1) is 50.2 Å². The Bertz CT molecular complexity index is 2400. The minimum Gasteiger partial charge on any atom is -0.481 e. The van der Waals surface area contributed by atoms with Gasteiger partial charge in [-0.1, -0.05) is 46.3 Å². The molecule has 480 valence electrons. The highest BCUT2D eigenvalue weighted by Gasteiger charge is 2.74. The lowest BCUT2D eigenvalue weighted by Gasteiger charge is -2.71. The van der Waals surface area contributed by atoms with E-state index >= 15 is 4.79 Å². The maximum atomic E-state index is 15.4. The number of carboxylic acids is 1. The van der Waals surface area contributed by atoms with Gasteiger partial charge in [-0.25, -0.2) is 0 Å². The zero-order valence-electron chi connectivity index (χ0n) is 48.5. The van der Waals surface area contributed by atoms with Crippen molar-refractivity contribution in [3.8, 4) is 0 Å². The largest absolute Gasteiger partial charge is 0.481 e. The predicted molar refractivity (Wildman–Crippen MR) is 279 cm³/mol. The number of carboxylic acid groups (broad SMARTS) is 1. The summed E-state index contributed by atoms with van der Waals surface area (Å²) in [4.78, 5) is 29.4. The molecule has 84 heavy (non-hydrogen) atoms. The Balaban J connectivity index is 0.885. The SMILES string of the molecule is CC1OC(OC2C(OC(=O)C34CCC(C)(C)CC3C3=CCC5C6(C)CC(O)C(OC7CC(O)C(OC8OCC(O)C(O)C8O)C(CO)O7)C(C)(C(=O)O)C6CCC5(C)C3(C)CC4O)OCC(O)C2O)C(O)C(OC2OCC(O)C(O)C2O)C1O. The molecule has 32 atom stereocenters. The number of rotatable bonds is 12. The molecule has 10 aliphatic rings. The third-order valence-corrected chi connectivity index (χ3v) is 22.3. The van der Waals surface area contributed by atoms with E-state index in [-0.39, 0.29) is 43.6 Å². The van der Waals surface area contributed by atoms with E-state index in [0.29, 0.717) is 32.1 Å². The molecular weight excluding hydrogens is 1120 g/mol. The fourth-order valence-electron chi connectivity index (χ4n) is 17.2. The van der Waals surface area contributed by atoms with Crippen LogP contribution in [0.1, 0.15) is 106 Å². The molecule has 32 unspecified atom stereocenters. The molecule has 0 aromatic heterocycles. The average Bonchev–Trinajstić information content (AvgIpc) is 0.755. The molecule has 0 amide bonds. The number of fused-ring (bicyclic) bond motifs is 7. The van der Waals surface area contributed by atoms with Crippen LogP contribution >= 0.6 is 0 Å². The summed E-state index contributed by atoms with van der Waals surface area (Å²) in [6, 6.07) is 0. The Hall–Kier alpha value is -2.24. The molecule has 9 fully saturated rings. The van der Waals surface area contributed by atoms with Crippen molar-refractivity contribution in [1.29, 1.82) is 0 Å². The number of hydrogen-bond donors (Lipinski definition) is 15. The molecule has 15 N–H and O–H groups in total. The van der Waals surface area contributed by atoms with E-state index in [4.69, 9.17) is 47.4 Å². The lowest BCUT2D eigenvalue weighted by molar-refractivity contribution is -0.370. The maximum Gasteiger partial charge on any atom is 0.317 e. The van der Waals surface area contributed by atoms with Gasteiger partial charge in [-0.3, -0.25) is 9.59 Å². The lowest BCUT2D eigenvalue weighted by Crippen LogP contribution is -2.71. The van der Waals surface area contributed by atoms with E-state index < -0.39 is 218 Å². The molecule has 10 rings (SSSR count). The average molecular weight is 1210 g/mol. The molecule has 0 spiro atoms. The number of carbonyl (C=O) groups is 2. The van der Waals surface area contributed by atoms with Gasteiger partial charge in [0.25, 0.3) is 0 Å². The third kappa shape index (κ3) is 10.5. The summed E-state index contributed by atoms with van der Waals surface area (Å²) < 4.78 is 58.8. The Morgan fingerprint density at radius 1 is 0.595 bits per heavy atom. The number of aliphatic carboxylic acids is 1. The summed E-state index contributed by atoms with van der Waals surface area (Å²) in [5.74, 6) is -3.61. The fourth-order valence-corrected chi connectivity index (χ4v) is 17.2. The quantitative estimate of drug-likeness (QED) is 0.0519. The molecular formula is C57H90O27. The van der Waals surface area contributed by atoms with E-state index in [1.165, 1.54) is 6.92 Å². The van der Waals surface area contributed by atoms with Gasteiger partial charge in [-0.2, -0.15) is 0 Å². The molecule has 0 bridgehead atoms. The van der Waals surface area contributed by atoms with Crippen molar-refractivity contribution in [2.24, 2.45) is 50.2 Å². The number of ether oxygens (including phenoxy) is 10. The first kappa shape index (κ1) is 64.7. The topological polar surface area (TPSA) is 430 Å². The van der Waals surface area contributed by atoms with Crippen molar-refractivity contribution in [2.45, 2.75) is 254 Å². The summed E-state index contributed by atoms with van der Waals surface area (Å²) in [5.41, 5.74) is -5.11. The smallest absolute Gasteiger partial charge is 0.317 e. The van der Waals surface area contributed by atoms with Crippen LogP contribution in [0.15, 0.2) is 11.6 Å². The molecule has 27 heteroatoms. The summed E-state index contributed by atoms with van der Waals surface area (Å²) in [6.07, 6.45) is -32.8. The second kappa shape index (κ2) is 23.5. The number of esters is 1. The van der Waals surface area contributed by atoms with Crippen LogP contribution < -0.4 is 0 Å². The van der Waals surface area contributed by atoms with Gasteiger partial charge in [0.05, 0.1) is 56.3 Å². The van der Waals surface area contributed by atoms with Gasteiger partial charge >= 0.3 is 11.9 Å². The molecule has 0 aromatic rings. The second-order valence-corrected chi connectivity index (χ2v) is 27.6. The minimum atomic E-state index is -1.90. The number of aliphatic hydroxyl groups excluding tert-OH is 14. The fraction of sp³-hybridized carbons (Fsp3) is 0.930. The molecule has 4 saturated carbocycles. The van der Waals surface area contributed by atoms with Gasteiger partial charge < -0.3 is 124 Å². The Kier molecular flexibility index (Phi) is 18.1. The van der Waals surface area contributed by atoms with Gasteiger partial charge in [-0.05, 0) is 105 Å². The van der Waals surface area contributed by atoms with Gasteiger partial charge in [0, 0.05) is 6.42 Å². The van der Waals surface area contributed by atoms with Crippen molar-refractivity contribution < 1.29 is 134 Å². The highest BCUT2D eigenvalue weighted by atomic mass is 16.8. The van der Waals surface area contributed by atoms with E-state index in [1.807, 2.05) is 6.92 Å². The summed E-state index contributed by atoms with van der Waals surface area (Å²) in [7, 11) is 0. The Morgan fingerprint density at radius 3 is 1.79 bits per heavy atom. The van der Waals surface area contributed by atoms with Crippen molar-refractivity contribution in [1.82, 2.24) is 0 Å². The first-order valence-corrected chi connectivity index (χ1v) is 29.7. The minimum absolute atomic E-state index is 0.0709. The summed E-state index contributed by atoms with van der Waals surface area (Å²) in [5, 5.41) is 165. The van der Waals surface area contributed by atoms with Crippen LogP contribution in [0.2, 0.25) is 0 Å². The molecule has 5 heterocycles. The van der Waals surface area contributed by atoms with Crippen LogP contribution in [0.5, 0.6) is 0 Å². The van der Waals surface area contributed by atoms with Gasteiger partial charge in [0.1, 0.15) is 90.9 Å². The second-order valence-electron chi connectivity index (χ2n) is 27.6. The Morgan fingerprint density at radius 2 is 1.18 bits per heavy atom. The zero-order chi connectivity index (χ0) is 61.3.